The maximum atomic E-state index is 12.4. The summed E-state index contributed by atoms with van der Waals surface area (Å²) in [5, 5.41) is 2.78. The normalized spacial score (nSPS) is 14.6. The highest BCUT2D eigenvalue weighted by Crippen LogP contribution is 2.30. The van der Waals surface area contributed by atoms with E-state index in [4.69, 9.17) is 14.2 Å². The van der Waals surface area contributed by atoms with Gasteiger partial charge in [0.15, 0.2) is 23.9 Å². The molecule has 152 valence electrons. The van der Waals surface area contributed by atoms with E-state index in [0.29, 0.717) is 41.5 Å². The fraction of sp³-hybridized carbons (Fsp3) is 0.167. The van der Waals surface area contributed by atoms with Gasteiger partial charge in [0.05, 0.1) is 6.54 Å². The molecule has 0 aromatic heterocycles. The molecule has 0 fully saturated rings. The number of hydrogen-bond donors (Lipinski definition) is 1. The van der Waals surface area contributed by atoms with Crippen LogP contribution in [0.3, 0.4) is 0 Å². The van der Waals surface area contributed by atoms with Crippen LogP contribution in [0.5, 0.6) is 17.2 Å². The summed E-state index contributed by atoms with van der Waals surface area (Å²) >= 11 is 0. The number of ether oxygens (including phenoxy) is 3. The second-order valence-electron chi connectivity index (χ2n) is 6.81. The first-order valence-electron chi connectivity index (χ1n) is 9.67. The average molecular weight is 403 g/mol. The molecular weight excluding hydrogens is 382 g/mol. The standard InChI is InChI=1S/C24H21NO5/c26-23(25-14-20-15-29-21-8-4-5-9-22(21)30-20)16-28-19-12-10-18(11-13-19)24(27)17-6-2-1-3-7-17/h1-13,20H,14-16H2,(H,25,26). The molecule has 1 aliphatic heterocycles. The summed E-state index contributed by atoms with van der Waals surface area (Å²) in [6, 6.07) is 23.2. The SMILES string of the molecule is O=C(COc1ccc(C(=O)c2ccccc2)cc1)NCC1COc2ccccc2O1. The van der Waals surface area contributed by atoms with Crippen molar-refractivity contribution in [2.45, 2.75) is 6.10 Å². The zero-order valence-corrected chi connectivity index (χ0v) is 16.2. The lowest BCUT2D eigenvalue weighted by molar-refractivity contribution is -0.123. The molecule has 3 aromatic rings. The van der Waals surface area contributed by atoms with Crippen LogP contribution >= 0.6 is 0 Å². The third kappa shape index (κ3) is 4.78. The van der Waals surface area contributed by atoms with Gasteiger partial charge < -0.3 is 19.5 Å². The molecule has 1 aliphatic rings. The van der Waals surface area contributed by atoms with Crippen LogP contribution in [0, 0.1) is 0 Å². The molecule has 3 aromatic carbocycles. The Morgan fingerprint density at radius 3 is 2.30 bits per heavy atom. The smallest absolute Gasteiger partial charge is 0.258 e. The van der Waals surface area contributed by atoms with Crippen molar-refractivity contribution < 1.29 is 23.8 Å². The minimum absolute atomic E-state index is 0.0591. The highest BCUT2D eigenvalue weighted by Gasteiger charge is 2.21. The lowest BCUT2D eigenvalue weighted by atomic mass is 10.0. The number of carbonyl (C=O) groups is 2. The van der Waals surface area contributed by atoms with Crippen LogP contribution in [-0.2, 0) is 4.79 Å². The van der Waals surface area contributed by atoms with Crippen LogP contribution in [-0.4, -0.2) is 37.6 Å². The summed E-state index contributed by atoms with van der Waals surface area (Å²) in [7, 11) is 0. The van der Waals surface area contributed by atoms with Crippen LogP contribution in [0.4, 0.5) is 0 Å². The van der Waals surface area contributed by atoms with Crippen molar-refractivity contribution >= 4 is 11.7 Å². The Morgan fingerprint density at radius 1 is 0.867 bits per heavy atom. The van der Waals surface area contributed by atoms with Gasteiger partial charge in [-0.2, -0.15) is 0 Å². The van der Waals surface area contributed by atoms with Crippen LogP contribution in [0.25, 0.3) is 0 Å². The molecular formula is C24H21NO5. The molecule has 0 radical (unpaired) electrons. The number of carbonyl (C=O) groups excluding carboxylic acids is 2. The molecule has 1 N–H and O–H groups in total. The molecule has 1 heterocycles. The Morgan fingerprint density at radius 2 is 1.53 bits per heavy atom. The number of nitrogens with one attached hydrogen (secondary N) is 1. The van der Waals surface area contributed by atoms with Crippen molar-refractivity contribution in [3.63, 3.8) is 0 Å². The van der Waals surface area contributed by atoms with E-state index in [2.05, 4.69) is 5.32 Å². The van der Waals surface area contributed by atoms with Gasteiger partial charge in [-0.25, -0.2) is 0 Å². The molecule has 0 aliphatic carbocycles. The number of rotatable bonds is 7. The summed E-state index contributed by atoms with van der Waals surface area (Å²) in [4.78, 5) is 24.5. The Bertz CT molecular complexity index is 1020. The van der Waals surface area contributed by atoms with Crippen LogP contribution < -0.4 is 19.5 Å². The largest absolute Gasteiger partial charge is 0.486 e. The Labute approximate surface area is 174 Å². The topological polar surface area (TPSA) is 73.9 Å². The number of hydrogen-bond acceptors (Lipinski definition) is 5. The molecule has 1 amide bonds. The first-order valence-corrected chi connectivity index (χ1v) is 9.67. The average Bonchev–Trinajstić information content (AvgIpc) is 2.81. The second-order valence-corrected chi connectivity index (χ2v) is 6.81. The minimum atomic E-state index is -0.262. The molecule has 0 saturated heterocycles. The monoisotopic (exact) mass is 403 g/mol. The van der Waals surface area contributed by atoms with E-state index < -0.39 is 0 Å². The molecule has 0 saturated carbocycles. The quantitative estimate of drug-likeness (QED) is 0.613. The van der Waals surface area contributed by atoms with Crippen molar-refractivity contribution in [2.75, 3.05) is 19.8 Å². The summed E-state index contributed by atoms with van der Waals surface area (Å²) in [6.07, 6.45) is -0.257. The van der Waals surface area contributed by atoms with Gasteiger partial charge in [0.25, 0.3) is 5.91 Å². The predicted octanol–water partition coefficient (Wildman–Crippen LogP) is 3.25. The summed E-state index contributed by atoms with van der Waals surface area (Å²) in [5.74, 6) is 1.57. The Balaban J connectivity index is 1.23. The van der Waals surface area contributed by atoms with E-state index in [1.165, 1.54) is 0 Å². The van der Waals surface area contributed by atoms with Gasteiger partial charge in [0.1, 0.15) is 18.5 Å². The summed E-state index contributed by atoms with van der Waals surface area (Å²) < 4.78 is 16.9. The van der Waals surface area contributed by atoms with Crippen molar-refractivity contribution in [3.8, 4) is 17.2 Å². The van der Waals surface area contributed by atoms with Gasteiger partial charge >= 0.3 is 0 Å². The zero-order valence-electron chi connectivity index (χ0n) is 16.2. The molecule has 0 bridgehead atoms. The van der Waals surface area contributed by atoms with E-state index in [0.717, 1.165) is 0 Å². The van der Waals surface area contributed by atoms with Gasteiger partial charge in [0, 0.05) is 11.1 Å². The fourth-order valence-corrected chi connectivity index (χ4v) is 3.05. The molecule has 30 heavy (non-hydrogen) atoms. The van der Waals surface area contributed by atoms with E-state index >= 15 is 0 Å². The Hall–Kier alpha value is -3.80. The van der Waals surface area contributed by atoms with Crippen LogP contribution in [0.15, 0.2) is 78.9 Å². The highest BCUT2D eigenvalue weighted by atomic mass is 16.6. The fourth-order valence-electron chi connectivity index (χ4n) is 3.05. The Kier molecular flexibility index (Phi) is 5.94. The molecule has 1 unspecified atom stereocenters. The molecule has 6 heteroatoms. The molecule has 1 atom stereocenters. The van der Waals surface area contributed by atoms with E-state index in [-0.39, 0.29) is 24.4 Å². The van der Waals surface area contributed by atoms with Crippen molar-refractivity contribution in [1.29, 1.82) is 0 Å². The maximum absolute atomic E-state index is 12.4. The first-order chi connectivity index (χ1) is 14.7. The van der Waals surface area contributed by atoms with Gasteiger partial charge in [-0.3, -0.25) is 9.59 Å². The van der Waals surface area contributed by atoms with E-state index in [1.54, 1.807) is 36.4 Å². The number of amides is 1. The number of benzene rings is 3. The highest BCUT2D eigenvalue weighted by molar-refractivity contribution is 6.08. The first kappa shape index (κ1) is 19.5. The molecule has 0 spiro atoms. The number of para-hydroxylation sites is 2. The minimum Gasteiger partial charge on any atom is -0.486 e. The van der Waals surface area contributed by atoms with Crippen molar-refractivity contribution in [1.82, 2.24) is 5.32 Å². The predicted molar refractivity (Wildman–Crippen MR) is 111 cm³/mol. The maximum Gasteiger partial charge on any atom is 0.258 e. The van der Waals surface area contributed by atoms with Crippen molar-refractivity contribution in [2.24, 2.45) is 0 Å². The lowest BCUT2D eigenvalue weighted by Gasteiger charge is -2.26. The molecule has 4 rings (SSSR count). The van der Waals surface area contributed by atoms with Gasteiger partial charge in [0.2, 0.25) is 0 Å². The third-order valence-corrected chi connectivity index (χ3v) is 4.62. The van der Waals surface area contributed by atoms with Gasteiger partial charge in [-0.1, -0.05) is 42.5 Å². The van der Waals surface area contributed by atoms with Crippen molar-refractivity contribution in [3.05, 3.63) is 90.0 Å². The second kappa shape index (κ2) is 9.13. The van der Waals surface area contributed by atoms with Crippen LogP contribution in [0.2, 0.25) is 0 Å². The molecule has 6 nitrogen and oxygen atoms in total. The van der Waals surface area contributed by atoms with E-state index in [9.17, 15) is 9.59 Å². The summed E-state index contributed by atoms with van der Waals surface area (Å²) in [6.45, 7) is 0.562. The van der Waals surface area contributed by atoms with Crippen LogP contribution in [0.1, 0.15) is 15.9 Å². The van der Waals surface area contributed by atoms with Gasteiger partial charge in [-0.05, 0) is 36.4 Å². The van der Waals surface area contributed by atoms with Gasteiger partial charge in [-0.15, -0.1) is 0 Å². The number of fused-ring (bicyclic) bond motifs is 1. The lowest BCUT2D eigenvalue weighted by Crippen LogP contribution is -2.42. The number of ketones is 1. The zero-order chi connectivity index (χ0) is 20.8. The van der Waals surface area contributed by atoms with E-state index in [1.807, 2.05) is 42.5 Å². The summed E-state index contributed by atoms with van der Waals surface area (Å²) in [5.41, 5.74) is 1.19. The third-order valence-electron chi connectivity index (χ3n) is 4.62.